The summed E-state index contributed by atoms with van der Waals surface area (Å²) in [5, 5.41) is 17.1. The number of carboxylic acid groups (broad SMARTS) is 1. The lowest BCUT2D eigenvalue weighted by Crippen LogP contribution is -2.38. The maximum atomic E-state index is 11.6. The second-order valence-corrected chi connectivity index (χ2v) is 5.53. The van der Waals surface area contributed by atoms with E-state index in [0.717, 1.165) is 25.7 Å². The molecule has 0 aliphatic heterocycles. The van der Waals surface area contributed by atoms with Crippen LogP contribution in [0, 0.1) is 12.8 Å². The van der Waals surface area contributed by atoms with Crippen molar-refractivity contribution in [2.45, 2.75) is 45.1 Å². The first kappa shape index (κ1) is 13.8. The van der Waals surface area contributed by atoms with E-state index in [0.29, 0.717) is 22.6 Å². The van der Waals surface area contributed by atoms with Crippen LogP contribution in [0.5, 0.6) is 0 Å². The summed E-state index contributed by atoms with van der Waals surface area (Å²) in [6, 6.07) is -0.641. The zero-order valence-electron chi connectivity index (χ0n) is 11.9. The first-order chi connectivity index (χ1) is 10.2. The smallest absolute Gasteiger partial charge is 0.326 e. The summed E-state index contributed by atoms with van der Waals surface area (Å²) in [5.41, 5.74) is 1.03. The molecule has 1 aliphatic carbocycles. The summed E-state index contributed by atoms with van der Waals surface area (Å²) < 4.78 is 5.09. The van der Waals surface area contributed by atoms with Gasteiger partial charge < -0.3 is 14.9 Å². The Kier molecular flexibility index (Phi) is 3.72. The van der Waals surface area contributed by atoms with E-state index in [-0.39, 0.29) is 5.92 Å². The van der Waals surface area contributed by atoms with Gasteiger partial charge in [-0.15, -0.1) is 0 Å². The topological polar surface area (TPSA) is 101 Å². The van der Waals surface area contributed by atoms with E-state index >= 15 is 0 Å². The Labute approximate surface area is 121 Å². The number of carbonyl (C=O) groups is 1. The molecule has 2 N–H and O–H groups in total. The van der Waals surface area contributed by atoms with Crippen molar-refractivity contribution < 1.29 is 14.4 Å². The molecule has 0 amide bonds. The highest BCUT2D eigenvalue weighted by atomic mass is 16.5. The van der Waals surface area contributed by atoms with Crippen LogP contribution in [0.15, 0.2) is 10.9 Å². The normalized spacial score (nSPS) is 17.8. The monoisotopic (exact) mass is 290 g/mol. The van der Waals surface area contributed by atoms with Gasteiger partial charge in [-0.1, -0.05) is 24.4 Å². The molecule has 2 aromatic rings. The van der Waals surface area contributed by atoms with Crippen LogP contribution in [0.25, 0.3) is 11.1 Å². The van der Waals surface area contributed by atoms with Crippen LogP contribution in [-0.2, 0) is 4.79 Å². The average Bonchev–Trinajstić information content (AvgIpc) is 2.88. The quantitative estimate of drug-likeness (QED) is 0.891. The number of fused-ring (bicyclic) bond motifs is 1. The highest BCUT2D eigenvalue weighted by Crippen LogP contribution is 2.30. The number of aryl methyl sites for hydroxylation is 1. The molecule has 7 nitrogen and oxygen atoms in total. The molecule has 0 spiro atoms. The molecule has 0 saturated heterocycles. The second kappa shape index (κ2) is 5.67. The minimum atomic E-state index is -0.845. The van der Waals surface area contributed by atoms with Crippen LogP contribution in [0.2, 0.25) is 0 Å². The molecule has 1 saturated carbocycles. The molecule has 2 aromatic heterocycles. The summed E-state index contributed by atoms with van der Waals surface area (Å²) in [5.74, 6) is -0.235. The minimum Gasteiger partial charge on any atom is -0.480 e. The molecule has 1 aliphatic rings. The lowest BCUT2D eigenvalue weighted by Gasteiger charge is -2.28. The van der Waals surface area contributed by atoms with Crippen molar-refractivity contribution in [2.75, 3.05) is 5.32 Å². The van der Waals surface area contributed by atoms with Crippen molar-refractivity contribution in [1.29, 1.82) is 0 Å². The van der Waals surface area contributed by atoms with Gasteiger partial charge in [-0.05, 0) is 25.7 Å². The first-order valence-electron chi connectivity index (χ1n) is 7.23. The van der Waals surface area contributed by atoms with Gasteiger partial charge in [-0.25, -0.2) is 9.78 Å². The number of anilines is 1. The van der Waals surface area contributed by atoms with Crippen molar-refractivity contribution in [3.05, 3.63) is 12.0 Å². The molecule has 112 valence electrons. The average molecular weight is 290 g/mol. The maximum Gasteiger partial charge on any atom is 0.326 e. The Balaban J connectivity index is 1.90. The number of carboxylic acids is 1. The van der Waals surface area contributed by atoms with Gasteiger partial charge in [-0.3, -0.25) is 0 Å². The van der Waals surface area contributed by atoms with Crippen molar-refractivity contribution in [1.82, 2.24) is 15.1 Å². The van der Waals surface area contributed by atoms with Crippen LogP contribution in [0.4, 0.5) is 5.82 Å². The molecule has 21 heavy (non-hydrogen) atoms. The Morgan fingerprint density at radius 2 is 2.14 bits per heavy atom. The molecule has 2 heterocycles. The summed E-state index contributed by atoms with van der Waals surface area (Å²) in [6.45, 7) is 1.79. The van der Waals surface area contributed by atoms with Crippen LogP contribution >= 0.6 is 0 Å². The molecular weight excluding hydrogens is 272 g/mol. The number of nitrogens with one attached hydrogen (secondary N) is 1. The van der Waals surface area contributed by atoms with Gasteiger partial charge in [-0.2, -0.15) is 4.98 Å². The Morgan fingerprint density at radius 1 is 1.38 bits per heavy atom. The van der Waals surface area contributed by atoms with Crippen molar-refractivity contribution >= 4 is 22.9 Å². The van der Waals surface area contributed by atoms with Gasteiger partial charge in [0.1, 0.15) is 23.6 Å². The van der Waals surface area contributed by atoms with E-state index in [9.17, 15) is 9.90 Å². The number of hydrogen-bond acceptors (Lipinski definition) is 6. The third-order valence-corrected chi connectivity index (χ3v) is 4.12. The largest absolute Gasteiger partial charge is 0.480 e. The van der Waals surface area contributed by atoms with E-state index in [2.05, 4.69) is 20.4 Å². The Hall–Kier alpha value is -2.18. The lowest BCUT2D eigenvalue weighted by molar-refractivity contribution is -0.139. The van der Waals surface area contributed by atoms with E-state index in [1.807, 2.05) is 0 Å². The molecule has 0 aromatic carbocycles. The van der Waals surface area contributed by atoms with Crippen LogP contribution in [0.3, 0.4) is 0 Å². The van der Waals surface area contributed by atoms with Crippen molar-refractivity contribution in [3.63, 3.8) is 0 Å². The summed E-state index contributed by atoms with van der Waals surface area (Å²) in [4.78, 5) is 19.8. The van der Waals surface area contributed by atoms with Gasteiger partial charge >= 0.3 is 5.97 Å². The van der Waals surface area contributed by atoms with E-state index in [4.69, 9.17) is 4.52 Å². The predicted octanol–water partition coefficient (Wildman–Crippen LogP) is 2.37. The zero-order chi connectivity index (χ0) is 14.8. The van der Waals surface area contributed by atoms with Gasteiger partial charge in [0.2, 0.25) is 0 Å². The van der Waals surface area contributed by atoms with E-state index in [1.54, 1.807) is 6.92 Å². The van der Waals surface area contributed by atoms with Crippen LogP contribution in [0.1, 0.15) is 37.8 Å². The van der Waals surface area contributed by atoms with Crippen molar-refractivity contribution in [2.24, 2.45) is 5.92 Å². The summed E-state index contributed by atoms with van der Waals surface area (Å²) in [6.07, 6.45) is 6.57. The number of aliphatic carboxylic acids is 1. The van der Waals surface area contributed by atoms with Gasteiger partial charge in [0.15, 0.2) is 0 Å². The van der Waals surface area contributed by atoms with E-state index in [1.165, 1.54) is 12.7 Å². The van der Waals surface area contributed by atoms with Crippen LogP contribution in [-0.4, -0.2) is 32.2 Å². The predicted molar refractivity (Wildman–Crippen MR) is 76.0 cm³/mol. The molecular formula is C14H18N4O3. The Morgan fingerprint density at radius 3 is 2.86 bits per heavy atom. The zero-order valence-corrected chi connectivity index (χ0v) is 11.9. The minimum absolute atomic E-state index is 0.126. The summed E-state index contributed by atoms with van der Waals surface area (Å²) in [7, 11) is 0. The fourth-order valence-electron chi connectivity index (χ4n) is 3.03. The third kappa shape index (κ3) is 2.68. The van der Waals surface area contributed by atoms with Crippen molar-refractivity contribution in [3.8, 4) is 0 Å². The standard InChI is InChI=1S/C14H18N4O3/c1-8-10-12(15-7-16-13(10)21-18-8)17-11(14(19)20)9-5-3-2-4-6-9/h7,9,11H,2-6H2,1H3,(H,19,20)(H,15,16,17). The van der Waals surface area contributed by atoms with Crippen LogP contribution < -0.4 is 5.32 Å². The van der Waals surface area contributed by atoms with Gasteiger partial charge in [0.25, 0.3) is 5.71 Å². The fourth-order valence-corrected chi connectivity index (χ4v) is 3.03. The Bertz CT molecular complexity index is 649. The first-order valence-corrected chi connectivity index (χ1v) is 7.23. The number of aromatic nitrogens is 3. The van der Waals surface area contributed by atoms with Gasteiger partial charge in [0.05, 0.1) is 5.69 Å². The molecule has 0 bridgehead atoms. The molecule has 1 fully saturated rings. The van der Waals surface area contributed by atoms with Gasteiger partial charge in [0, 0.05) is 0 Å². The highest BCUT2D eigenvalue weighted by molar-refractivity contribution is 5.89. The fraction of sp³-hybridized carbons (Fsp3) is 0.571. The molecule has 0 radical (unpaired) electrons. The number of nitrogens with zero attached hydrogens (tertiary/aromatic N) is 3. The SMILES string of the molecule is Cc1noc2ncnc(NC(C(=O)O)C3CCCCC3)c12. The number of rotatable bonds is 4. The molecule has 1 atom stereocenters. The third-order valence-electron chi connectivity index (χ3n) is 4.12. The van der Waals surface area contributed by atoms with E-state index < -0.39 is 12.0 Å². The molecule has 3 rings (SSSR count). The number of hydrogen-bond donors (Lipinski definition) is 2. The lowest BCUT2D eigenvalue weighted by atomic mass is 9.84. The molecule has 1 unspecified atom stereocenters. The second-order valence-electron chi connectivity index (χ2n) is 5.53. The summed E-state index contributed by atoms with van der Waals surface area (Å²) >= 11 is 0. The highest BCUT2D eigenvalue weighted by Gasteiger charge is 2.30. The maximum absolute atomic E-state index is 11.6. The molecule has 7 heteroatoms.